The molecule has 3 aromatic carbocycles. The van der Waals surface area contributed by atoms with Crippen LogP contribution in [-0.4, -0.2) is 48.1 Å². The van der Waals surface area contributed by atoms with Gasteiger partial charge in [0.2, 0.25) is 5.91 Å². The minimum atomic E-state index is -0.601. The first-order valence-corrected chi connectivity index (χ1v) is 12.8. The number of imide groups is 1. The van der Waals surface area contributed by atoms with Gasteiger partial charge in [0.15, 0.2) is 18.1 Å². The van der Waals surface area contributed by atoms with Gasteiger partial charge >= 0.3 is 0 Å². The Bertz CT molecular complexity index is 1450. The van der Waals surface area contributed by atoms with E-state index in [0.29, 0.717) is 22.7 Å². The van der Waals surface area contributed by atoms with Crippen LogP contribution in [0, 0.1) is 13.8 Å². The van der Waals surface area contributed by atoms with Crippen LogP contribution in [-0.2, 0) is 14.4 Å². The number of anilines is 2. The number of hydrogen-bond acceptors (Lipinski definition) is 7. The summed E-state index contributed by atoms with van der Waals surface area (Å²) in [4.78, 5) is 51.6. The smallest absolute Gasteiger partial charge is 0.294 e. The van der Waals surface area contributed by atoms with Crippen LogP contribution in [0.2, 0.25) is 0 Å². The predicted octanol–water partition coefficient (Wildman–Crippen LogP) is 5.00. The monoisotopic (exact) mass is 545 g/mol. The molecule has 1 saturated heterocycles. The van der Waals surface area contributed by atoms with Gasteiger partial charge in [0, 0.05) is 16.9 Å². The van der Waals surface area contributed by atoms with Gasteiger partial charge in [0.25, 0.3) is 17.1 Å². The first-order chi connectivity index (χ1) is 18.7. The number of carbonyl (C=O) groups is 4. The molecule has 3 aromatic rings. The minimum absolute atomic E-state index is 0.117. The van der Waals surface area contributed by atoms with E-state index < -0.39 is 23.6 Å². The van der Waals surface area contributed by atoms with Crippen LogP contribution >= 0.6 is 11.8 Å². The number of thioether (sulfide) groups is 1. The number of aryl methyl sites for hydroxylation is 2. The molecule has 1 fully saturated rings. The third-order valence-corrected chi connectivity index (χ3v) is 6.79. The van der Waals surface area contributed by atoms with Crippen molar-refractivity contribution in [3.63, 3.8) is 0 Å². The van der Waals surface area contributed by atoms with E-state index in [9.17, 15) is 19.2 Å². The fourth-order valence-electron chi connectivity index (χ4n) is 3.76. The standard InChI is InChI=1S/C29H27N3O6S/c1-18-12-13-22(14-19(18)2)31-25(33)16-32-28(35)24(39-29(32)36)15-20-8-7-11-23(37-3)27(20)38-17-26(34)30-21-9-5-4-6-10-21/h4-15H,16-17H2,1-3H3,(H,30,34)(H,31,33)/b24-15+. The lowest BCUT2D eigenvalue weighted by Crippen LogP contribution is -2.36. The van der Waals surface area contributed by atoms with E-state index in [-0.39, 0.29) is 23.2 Å². The highest BCUT2D eigenvalue weighted by Crippen LogP contribution is 2.37. The Balaban J connectivity index is 1.46. The van der Waals surface area contributed by atoms with Gasteiger partial charge in [-0.15, -0.1) is 0 Å². The molecule has 4 rings (SSSR count). The molecule has 39 heavy (non-hydrogen) atoms. The maximum atomic E-state index is 13.0. The molecule has 0 saturated carbocycles. The van der Waals surface area contributed by atoms with E-state index >= 15 is 0 Å². The molecule has 10 heteroatoms. The van der Waals surface area contributed by atoms with Gasteiger partial charge in [-0.3, -0.25) is 24.1 Å². The lowest BCUT2D eigenvalue weighted by molar-refractivity contribution is -0.127. The van der Waals surface area contributed by atoms with Crippen molar-refractivity contribution >= 4 is 52.2 Å². The lowest BCUT2D eigenvalue weighted by atomic mass is 10.1. The number of carbonyl (C=O) groups excluding carboxylic acids is 4. The van der Waals surface area contributed by atoms with Crippen LogP contribution in [0.3, 0.4) is 0 Å². The summed E-state index contributed by atoms with van der Waals surface area (Å²) in [5.74, 6) is -0.883. The molecule has 1 aliphatic rings. The number of ether oxygens (including phenoxy) is 2. The molecule has 200 valence electrons. The van der Waals surface area contributed by atoms with Crippen molar-refractivity contribution in [2.45, 2.75) is 13.8 Å². The molecule has 0 aromatic heterocycles. The summed E-state index contributed by atoms with van der Waals surface area (Å²) in [5, 5.41) is 4.90. The molecule has 0 aliphatic carbocycles. The van der Waals surface area contributed by atoms with Crippen molar-refractivity contribution in [2.75, 3.05) is 30.9 Å². The largest absolute Gasteiger partial charge is 0.493 e. The van der Waals surface area contributed by atoms with Crippen molar-refractivity contribution < 1.29 is 28.7 Å². The van der Waals surface area contributed by atoms with E-state index in [1.165, 1.54) is 13.2 Å². The summed E-state index contributed by atoms with van der Waals surface area (Å²) in [7, 11) is 1.46. The van der Waals surface area contributed by atoms with Gasteiger partial charge in [0.05, 0.1) is 12.0 Å². The Hall–Kier alpha value is -4.57. The maximum Gasteiger partial charge on any atom is 0.294 e. The van der Waals surface area contributed by atoms with Crippen LogP contribution in [0.4, 0.5) is 16.2 Å². The molecule has 0 spiro atoms. The first-order valence-electron chi connectivity index (χ1n) is 12.0. The highest BCUT2D eigenvalue weighted by molar-refractivity contribution is 8.18. The number of rotatable bonds is 9. The number of para-hydroxylation sites is 2. The van der Waals surface area contributed by atoms with Crippen molar-refractivity contribution in [3.05, 3.63) is 88.3 Å². The Morgan fingerprint density at radius 1 is 0.897 bits per heavy atom. The zero-order valence-corrected chi connectivity index (χ0v) is 22.5. The Kier molecular flexibility index (Phi) is 8.67. The molecule has 1 heterocycles. The SMILES string of the molecule is COc1cccc(/C=C2/SC(=O)N(CC(=O)Nc3ccc(C)c(C)c3)C2=O)c1OCC(=O)Nc1ccccc1. The van der Waals surface area contributed by atoms with Gasteiger partial charge in [-0.05, 0) is 73.1 Å². The fourth-order valence-corrected chi connectivity index (χ4v) is 4.59. The van der Waals surface area contributed by atoms with E-state index in [2.05, 4.69) is 10.6 Å². The predicted molar refractivity (Wildman–Crippen MR) is 151 cm³/mol. The lowest BCUT2D eigenvalue weighted by Gasteiger charge is -2.14. The number of nitrogens with one attached hydrogen (secondary N) is 2. The number of methoxy groups -OCH3 is 1. The van der Waals surface area contributed by atoms with Crippen molar-refractivity contribution in [3.8, 4) is 11.5 Å². The average molecular weight is 546 g/mol. The van der Waals surface area contributed by atoms with Gasteiger partial charge < -0.3 is 20.1 Å². The van der Waals surface area contributed by atoms with Gasteiger partial charge in [0.1, 0.15) is 6.54 Å². The molecular weight excluding hydrogens is 518 g/mol. The van der Waals surface area contributed by atoms with E-state index in [0.717, 1.165) is 27.8 Å². The van der Waals surface area contributed by atoms with Crippen molar-refractivity contribution in [2.24, 2.45) is 0 Å². The van der Waals surface area contributed by atoms with Crippen LogP contribution < -0.4 is 20.1 Å². The first kappa shape index (κ1) is 27.5. The number of amides is 4. The maximum absolute atomic E-state index is 13.0. The third kappa shape index (κ3) is 6.85. The second-order valence-corrected chi connectivity index (χ2v) is 9.69. The number of nitrogens with zero attached hydrogens (tertiary/aromatic N) is 1. The highest BCUT2D eigenvalue weighted by Gasteiger charge is 2.36. The highest BCUT2D eigenvalue weighted by atomic mass is 32.2. The summed E-state index contributed by atoms with van der Waals surface area (Å²) < 4.78 is 11.2. The van der Waals surface area contributed by atoms with Crippen LogP contribution in [0.15, 0.2) is 71.6 Å². The van der Waals surface area contributed by atoms with Gasteiger partial charge in [-0.25, -0.2) is 0 Å². The topological polar surface area (TPSA) is 114 Å². The summed E-state index contributed by atoms with van der Waals surface area (Å²) in [6, 6.07) is 19.4. The van der Waals surface area contributed by atoms with Crippen molar-refractivity contribution in [1.29, 1.82) is 0 Å². The van der Waals surface area contributed by atoms with E-state index in [1.54, 1.807) is 48.5 Å². The number of benzene rings is 3. The summed E-state index contributed by atoms with van der Waals surface area (Å²) >= 11 is 0.721. The van der Waals surface area contributed by atoms with Crippen LogP contribution in [0.25, 0.3) is 6.08 Å². The van der Waals surface area contributed by atoms with Gasteiger partial charge in [-0.2, -0.15) is 0 Å². The molecule has 9 nitrogen and oxygen atoms in total. The summed E-state index contributed by atoms with van der Waals surface area (Å²) in [6.07, 6.45) is 1.49. The zero-order valence-electron chi connectivity index (χ0n) is 21.6. The fraction of sp³-hybridized carbons (Fsp3) is 0.172. The Morgan fingerprint density at radius 2 is 1.64 bits per heavy atom. The Labute approximate surface area is 230 Å². The Morgan fingerprint density at radius 3 is 2.36 bits per heavy atom. The van der Waals surface area contributed by atoms with E-state index in [1.807, 2.05) is 32.0 Å². The van der Waals surface area contributed by atoms with E-state index in [4.69, 9.17) is 9.47 Å². The number of hydrogen-bond donors (Lipinski definition) is 2. The minimum Gasteiger partial charge on any atom is -0.493 e. The zero-order chi connectivity index (χ0) is 27.9. The van der Waals surface area contributed by atoms with Crippen molar-refractivity contribution in [1.82, 2.24) is 4.90 Å². The quantitative estimate of drug-likeness (QED) is 0.364. The second kappa shape index (κ2) is 12.3. The molecule has 4 amide bonds. The van der Waals surface area contributed by atoms with Gasteiger partial charge in [-0.1, -0.05) is 36.4 Å². The average Bonchev–Trinajstić information content (AvgIpc) is 3.17. The normalized spacial score (nSPS) is 13.9. The molecular formula is C29H27N3O6S. The summed E-state index contributed by atoms with van der Waals surface area (Å²) in [5.41, 5.74) is 3.74. The molecule has 2 N–H and O–H groups in total. The molecule has 1 aliphatic heterocycles. The molecule has 0 unspecified atom stereocenters. The van der Waals surface area contributed by atoms with Crippen LogP contribution in [0.5, 0.6) is 11.5 Å². The molecule has 0 radical (unpaired) electrons. The van der Waals surface area contributed by atoms with Crippen LogP contribution in [0.1, 0.15) is 16.7 Å². The third-order valence-electron chi connectivity index (χ3n) is 5.89. The summed E-state index contributed by atoms with van der Waals surface area (Å²) in [6.45, 7) is 3.16. The second-order valence-electron chi connectivity index (χ2n) is 8.70. The molecule has 0 bridgehead atoms. The molecule has 0 atom stereocenters.